The topological polar surface area (TPSA) is 64.4 Å². The highest BCUT2D eigenvalue weighted by atomic mass is 79.9. The van der Waals surface area contributed by atoms with E-state index in [0.717, 1.165) is 14.5 Å². The van der Waals surface area contributed by atoms with Gasteiger partial charge >= 0.3 is 0 Å². The van der Waals surface area contributed by atoms with Gasteiger partial charge in [-0.1, -0.05) is 5.16 Å². The molecule has 106 valence electrons. The summed E-state index contributed by atoms with van der Waals surface area (Å²) in [5.74, 6) is 1.28. The summed E-state index contributed by atoms with van der Waals surface area (Å²) >= 11 is 6.81. The Morgan fingerprint density at radius 2 is 1.95 bits per heavy atom. The minimum Gasteiger partial charge on any atom is -0.481 e. The molecule has 1 aromatic carbocycles. The summed E-state index contributed by atoms with van der Waals surface area (Å²) in [5, 5.41) is 6.26. The first kappa shape index (κ1) is 15.1. The fraction of sp³-hybridized carbons (Fsp3) is 0.231. The van der Waals surface area contributed by atoms with Crippen molar-refractivity contribution in [1.29, 1.82) is 0 Å². The fourth-order valence-corrected chi connectivity index (χ4v) is 3.21. The van der Waals surface area contributed by atoms with Crippen molar-refractivity contribution in [3.63, 3.8) is 0 Å². The van der Waals surface area contributed by atoms with Crippen LogP contribution in [0.1, 0.15) is 11.3 Å². The first-order valence-electron chi connectivity index (χ1n) is 5.77. The summed E-state index contributed by atoms with van der Waals surface area (Å²) in [6.45, 7) is 3.60. The van der Waals surface area contributed by atoms with Gasteiger partial charge in [-0.15, -0.1) is 0 Å². The number of ether oxygens (including phenoxy) is 1. The van der Waals surface area contributed by atoms with Crippen LogP contribution in [0.2, 0.25) is 0 Å². The summed E-state index contributed by atoms with van der Waals surface area (Å²) in [7, 11) is 0. The molecule has 2 rings (SSSR count). The average Bonchev–Trinajstić information content (AvgIpc) is 2.73. The Morgan fingerprint density at radius 1 is 1.30 bits per heavy atom. The molecule has 0 unspecified atom stereocenters. The lowest BCUT2D eigenvalue weighted by atomic mass is 10.2. The Bertz CT molecular complexity index is 617. The molecule has 0 fully saturated rings. The lowest BCUT2D eigenvalue weighted by Gasteiger charge is -2.10. The minimum absolute atomic E-state index is 0.119. The summed E-state index contributed by atoms with van der Waals surface area (Å²) in [6, 6.07) is 5.47. The van der Waals surface area contributed by atoms with Gasteiger partial charge in [-0.2, -0.15) is 0 Å². The predicted molar refractivity (Wildman–Crippen MR) is 81.9 cm³/mol. The molecule has 0 bridgehead atoms. The van der Waals surface area contributed by atoms with E-state index < -0.39 is 0 Å². The maximum Gasteiger partial charge on any atom is 0.263 e. The second kappa shape index (κ2) is 6.41. The first-order valence-corrected chi connectivity index (χ1v) is 7.36. The van der Waals surface area contributed by atoms with Crippen molar-refractivity contribution in [2.24, 2.45) is 0 Å². The number of anilines is 1. The molecule has 0 saturated heterocycles. The van der Waals surface area contributed by atoms with Crippen molar-refractivity contribution in [3.8, 4) is 5.75 Å². The molecule has 0 spiro atoms. The molecular formula is C13H12Br2N2O3. The molecule has 20 heavy (non-hydrogen) atoms. The number of aromatic nitrogens is 1. The van der Waals surface area contributed by atoms with Crippen LogP contribution in [0.3, 0.4) is 0 Å². The monoisotopic (exact) mass is 402 g/mol. The van der Waals surface area contributed by atoms with Crippen molar-refractivity contribution in [3.05, 3.63) is 38.5 Å². The standard InChI is InChI=1S/C13H12Br2N2O3/c1-7-3-9(14)13(10(15)4-7)19-6-12(18)16-11-5-8(2)20-17-11/h3-5H,6H2,1-2H3,(H,16,17,18). The Kier molecular flexibility index (Phi) is 4.82. The van der Waals surface area contributed by atoms with Crippen LogP contribution in [0, 0.1) is 13.8 Å². The molecule has 1 amide bonds. The van der Waals surface area contributed by atoms with Crippen LogP contribution >= 0.6 is 31.9 Å². The van der Waals surface area contributed by atoms with E-state index >= 15 is 0 Å². The highest BCUT2D eigenvalue weighted by Crippen LogP contribution is 2.34. The van der Waals surface area contributed by atoms with Crippen LogP contribution in [0.4, 0.5) is 5.82 Å². The third kappa shape index (κ3) is 3.83. The summed E-state index contributed by atoms with van der Waals surface area (Å²) in [5.41, 5.74) is 1.08. The smallest absolute Gasteiger partial charge is 0.263 e. The van der Waals surface area contributed by atoms with Crippen LogP contribution in [0.15, 0.2) is 31.7 Å². The van der Waals surface area contributed by atoms with E-state index in [1.807, 2.05) is 19.1 Å². The van der Waals surface area contributed by atoms with Crippen LogP contribution < -0.4 is 10.1 Å². The lowest BCUT2D eigenvalue weighted by Crippen LogP contribution is -2.20. The van der Waals surface area contributed by atoms with Gasteiger partial charge in [-0.25, -0.2) is 0 Å². The summed E-state index contributed by atoms with van der Waals surface area (Å²) < 4.78 is 11.9. The van der Waals surface area contributed by atoms with Crippen molar-refractivity contribution >= 4 is 43.6 Å². The molecular weight excluding hydrogens is 392 g/mol. The van der Waals surface area contributed by atoms with Gasteiger partial charge in [-0.3, -0.25) is 4.79 Å². The van der Waals surface area contributed by atoms with Crippen LogP contribution in [-0.2, 0) is 4.79 Å². The van der Waals surface area contributed by atoms with Crippen molar-refractivity contribution in [2.75, 3.05) is 11.9 Å². The third-order valence-corrected chi connectivity index (χ3v) is 3.56. The van der Waals surface area contributed by atoms with Gasteiger partial charge in [0.05, 0.1) is 8.95 Å². The zero-order valence-electron chi connectivity index (χ0n) is 10.9. The largest absolute Gasteiger partial charge is 0.481 e. The van der Waals surface area contributed by atoms with Crippen molar-refractivity contribution in [1.82, 2.24) is 5.16 Å². The maximum absolute atomic E-state index is 11.7. The van der Waals surface area contributed by atoms with Gasteiger partial charge in [0, 0.05) is 6.07 Å². The van der Waals surface area contributed by atoms with Crippen LogP contribution in [0.5, 0.6) is 5.75 Å². The van der Waals surface area contributed by atoms with Crippen LogP contribution in [0.25, 0.3) is 0 Å². The fourth-order valence-electron chi connectivity index (χ4n) is 1.57. The van der Waals surface area contributed by atoms with E-state index in [1.165, 1.54) is 0 Å². The number of aryl methyl sites for hydroxylation is 2. The third-order valence-electron chi connectivity index (χ3n) is 2.39. The van der Waals surface area contributed by atoms with Gasteiger partial charge in [-0.05, 0) is 63.4 Å². The van der Waals surface area contributed by atoms with Crippen LogP contribution in [-0.4, -0.2) is 17.7 Å². The van der Waals surface area contributed by atoms with Crippen molar-refractivity contribution < 1.29 is 14.1 Å². The highest BCUT2D eigenvalue weighted by molar-refractivity contribution is 9.11. The van der Waals surface area contributed by atoms with Gasteiger partial charge in [0.15, 0.2) is 12.4 Å². The zero-order valence-corrected chi connectivity index (χ0v) is 14.0. The average molecular weight is 404 g/mol. The number of amides is 1. The second-order valence-electron chi connectivity index (χ2n) is 4.22. The minimum atomic E-state index is -0.308. The van der Waals surface area contributed by atoms with E-state index in [9.17, 15) is 4.79 Å². The number of rotatable bonds is 4. The first-order chi connectivity index (χ1) is 9.45. The Labute approximate surface area is 132 Å². The molecule has 0 aliphatic heterocycles. The predicted octanol–water partition coefficient (Wildman–Crippen LogP) is 3.83. The quantitative estimate of drug-likeness (QED) is 0.842. The molecule has 2 aromatic rings. The Balaban J connectivity index is 1.97. The van der Waals surface area contributed by atoms with Gasteiger partial charge < -0.3 is 14.6 Å². The molecule has 1 N–H and O–H groups in total. The van der Waals surface area contributed by atoms with E-state index in [4.69, 9.17) is 9.26 Å². The SMILES string of the molecule is Cc1cc(Br)c(OCC(=O)Nc2cc(C)on2)c(Br)c1. The number of nitrogens with zero attached hydrogens (tertiary/aromatic N) is 1. The van der Waals surface area contributed by atoms with Gasteiger partial charge in [0.1, 0.15) is 11.5 Å². The van der Waals surface area contributed by atoms with E-state index in [2.05, 4.69) is 42.3 Å². The number of hydrogen-bond donors (Lipinski definition) is 1. The molecule has 5 nitrogen and oxygen atoms in total. The molecule has 0 atom stereocenters. The molecule has 0 aliphatic carbocycles. The molecule has 1 aromatic heterocycles. The van der Waals surface area contributed by atoms with Crippen molar-refractivity contribution in [2.45, 2.75) is 13.8 Å². The molecule has 0 aliphatic rings. The number of nitrogens with one attached hydrogen (secondary N) is 1. The Morgan fingerprint density at radius 3 is 2.50 bits per heavy atom. The lowest BCUT2D eigenvalue weighted by molar-refractivity contribution is -0.118. The van der Waals surface area contributed by atoms with E-state index in [0.29, 0.717) is 17.3 Å². The second-order valence-corrected chi connectivity index (χ2v) is 5.93. The number of carbonyl (C=O) groups excluding carboxylic acids is 1. The number of carbonyl (C=O) groups is 1. The normalized spacial score (nSPS) is 10.4. The summed E-state index contributed by atoms with van der Waals surface area (Å²) in [4.78, 5) is 11.7. The molecule has 0 radical (unpaired) electrons. The maximum atomic E-state index is 11.7. The molecule has 7 heteroatoms. The Hall–Kier alpha value is -1.34. The highest BCUT2D eigenvalue weighted by Gasteiger charge is 2.11. The number of benzene rings is 1. The van der Waals surface area contributed by atoms with Gasteiger partial charge in [0.25, 0.3) is 5.91 Å². The van der Waals surface area contributed by atoms with Gasteiger partial charge in [0.2, 0.25) is 0 Å². The zero-order chi connectivity index (χ0) is 14.7. The molecule has 0 saturated carbocycles. The number of halogens is 2. The summed E-state index contributed by atoms with van der Waals surface area (Å²) in [6.07, 6.45) is 0. The van der Waals surface area contributed by atoms with E-state index in [-0.39, 0.29) is 12.5 Å². The molecule has 1 heterocycles. The number of hydrogen-bond acceptors (Lipinski definition) is 4. The van der Waals surface area contributed by atoms with E-state index in [1.54, 1.807) is 13.0 Å².